The van der Waals surface area contributed by atoms with Crippen LogP contribution in [0.15, 0.2) is 41.8 Å². The van der Waals surface area contributed by atoms with E-state index in [0.29, 0.717) is 11.8 Å². The van der Waals surface area contributed by atoms with Gasteiger partial charge in [-0.1, -0.05) is 49.1 Å². The van der Waals surface area contributed by atoms with E-state index in [4.69, 9.17) is 11.6 Å². The molecule has 4 rings (SSSR count). The summed E-state index contributed by atoms with van der Waals surface area (Å²) in [5.74, 6) is 0.791. The Morgan fingerprint density at radius 1 is 1.08 bits per heavy atom. The zero-order chi connectivity index (χ0) is 18.0. The van der Waals surface area contributed by atoms with Gasteiger partial charge < -0.3 is 4.90 Å². The molecule has 2 nitrogen and oxygen atoms in total. The maximum Gasteiger partial charge on any atom is 0.234 e. The smallest absolute Gasteiger partial charge is 0.234 e. The van der Waals surface area contributed by atoms with Crippen molar-refractivity contribution in [2.45, 2.75) is 56.3 Å². The van der Waals surface area contributed by atoms with Crippen molar-refractivity contribution >= 4 is 28.8 Å². The van der Waals surface area contributed by atoms with Gasteiger partial charge in [-0.15, -0.1) is 11.3 Å². The molecule has 0 radical (unpaired) electrons. The number of rotatable bonds is 3. The van der Waals surface area contributed by atoms with E-state index in [1.165, 1.54) is 16.9 Å². The quantitative estimate of drug-likeness (QED) is 0.631. The summed E-state index contributed by atoms with van der Waals surface area (Å²) in [6.45, 7) is 1.74. The number of thiophene rings is 1. The van der Waals surface area contributed by atoms with Gasteiger partial charge in [0.05, 0.1) is 5.41 Å². The number of likely N-dealkylation sites (tertiary alicyclic amines) is 1. The number of nitrogens with zero attached hydrogens (tertiary/aromatic N) is 1. The minimum Gasteiger partial charge on any atom is -0.341 e. The maximum atomic E-state index is 13.7. The molecular weight excluding hydrogens is 362 g/mol. The molecule has 1 aromatic heterocycles. The molecule has 1 saturated carbocycles. The van der Waals surface area contributed by atoms with Crippen LogP contribution >= 0.6 is 22.9 Å². The Hall–Kier alpha value is -1.32. The fraction of sp³-hybridized carbons (Fsp3) is 0.500. The number of benzene rings is 1. The first-order chi connectivity index (χ1) is 12.7. The summed E-state index contributed by atoms with van der Waals surface area (Å²) in [4.78, 5) is 17.2. The Labute approximate surface area is 165 Å². The SMILES string of the molecule is O=C(N1CCCCC(c2ccc(Cl)cc2)C1)C1(c2cccs2)CCCC1. The van der Waals surface area contributed by atoms with Gasteiger partial charge in [0.25, 0.3) is 0 Å². The molecule has 1 aromatic carbocycles. The van der Waals surface area contributed by atoms with E-state index in [1.54, 1.807) is 11.3 Å². The van der Waals surface area contributed by atoms with Gasteiger partial charge in [-0.3, -0.25) is 4.79 Å². The fourth-order valence-electron chi connectivity index (χ4n) is 4.73. The summed E-state index contributed by atoms with van der Waals surface area (Å²) in [7, 11) is 0. The van der Waals surface area contributed by atoms with E-state index >= 15 is 0 Å². The summed E-state index contributed by atoms with van der Waals surface area (Å²) in [5.41, 5.74) is 1.05. The van der Waals surface area contributed by atoms with Gasteiger partial charge >= 0.3 is 0 Å². The van der Waals surface area contributed by atoms with Crippen LogP contribution in [-0.2, 0) is 10.2 Å². The molecule has 138 valence electrons. The predicted molar refractivity (Wildman–Crippen MR) is 109 cm³/mol. The van der Waals surface area contributed by atoms with Gasteiger partial charge in [0.1, 0.15) is 0 Å². The molecule has 2 aromatic rings. The highest BCUT2D eigenvalue weighted by Gasteiger charge is 2.46. The summed E-state index contributed by atoms with van der Waals surface area (Å²) >= 11 is 7.81. The third-order valence-electron chi connectivity index (χ3n) is 6.16. The van der Waals surface area contributed by atoms with Crippen LogP contribution in [0.25, 0.3) is 0 Å². The summed E-state index contributed by atoms with van der Waals surface area (Å²) in [6.07, 6.45) is 7.79. The van der Waals surface area contributed by atoms with Crippen molar-refractivity contribution in [2.75, 3.05) is 13.1 Å². The van der Waals surface area contributed by atoms with Crippen LogP contribution in [0, 0.1) is 0 Å². The highest BCUT2D eigenvalue weighted by atomic mass is 35.5. The molecule has 2 fully saturated rings. The lowest BCUT2D eigenvalue weighted by atomic mass is 9.82. The predicted octanol–water partition coefficient (Wildman–Crippen LogP) is 6.01. The molecule has 2 aliphatic rings. The molecule has 0 N–H and O–H groups in total. The first-order valence-electron chi connectivity index (χ1n) is 9.78. The van der Waals surface area contributed by atoms with Gasteiger partial charge in [0.2, 0.25) is 5.91 Å². The zero-order valence-corrected chi connectivity index (χ0v) is 16.7. The van der Waals surface area contributed by atoms with Crippen molar-refractivity contribution in [1.29, 1.82) is 0 Å². The second-order valence-corrected chi connectivity index (χ2v) is 9.15. The van der Waals surface area contributed by atoms with Crippen LogP contribution in [0.4, 0.5) is 0 Å². The number of hydrogen-bond donors (Lipinski definition) is 0. The first kappa shape index (κ1) is 18.1. The second-order valence-electron chi connectivity index (χ2n) is 7.76. The Kier molecular flexibility index (Phi) is 5.37. The largest absolute Gasteiger partial charge is 0.341 e. The molecule has 2 heterocycles. The van der Waals surface area contributed by atoms with Crippen molar-refractivity contribution in [2.24, 2.45) is 0 Å². The van der Waals surface area contributed by atoms with E-state index < -0.39 is 0 Å². The number of carbonyl (C=O) groups is 1. The van der Waals surface area contributed by atoms with E-state index in [-0.39, 0.29) is 5.41 Å². The third kappa shape index (κ3) is 3.44. The average molecular weight is 388 g/mol. The Balaban J connectivity index is 1.59. The lowest BCUT2D eigenvalue weighted by Gasteiger charge is -2.34. The monoisotopic (exact) mass is 387 g/mol. The average Bonchev–Trinajstić information content (AvgIpc) is 3.30. The zero-order valence-electron chi connectivity index (χ0n) is 15.1. The standard InChI is InChI=1S/C22H26ClNOS/c23-19-10-8-17(9-11-19)18-6-1-4-14-24(16-18)21(25)22(12-2-3-13-22)20-7-5-15-26-20/h5,7-11,15,18H,1-4,6,12-14,16H2. The van der Waals surface area contributed by atoms with Crippen LogP contribution in [-0.4, -0.2) is 23.9 Å². The van der Waals surface area contributed by atoms with Crippen molar-refractivity contribution < 1.29 is 4.79 Å². The molecule has 1 aliphatic heterocycles. The fourth-order valence-corrected chi connectivity index (χ4v) is 5.84. The second kappa shape index (κ2) is 7.74. The third-order valence-corrected chi connectivity index (χ3v) is 7.49. The molecule has 1 aliphatic carbocycles. The Bertz CT molecular complexity index is 734. The Morgan fingerprint density at radius 2 is 1.85 bits per heavy atom. The van der Waals surface area contributed by atoms with Crippen LogP contribution in [0.2, 0.25) is 5.02 Å². The van der Waals surface area contributed by atoms with E-state index in [9.17, 15) is 4.79 Å². The molecule has 0 bridgehead atoms. The van der Waals surface area contributed by atoms with Crippen LogP contribution < -0.4 is 0 Å². The Morgan fingerprint density at radius 3 is 2.54 bits per heavy atom. The molecule has 1 amide bonds. The molecule has 1 saturated heterocycles. The van der Waals surface area contributed by atoms with Crippen LogP contribution in [0.1, 0.15) is 61.3 Å². The lowest BCUT2D eigenvalue weighted by molar-refractivity contribution is -0.137. The summed E-state index contributed by atoms with van der Waals surface area (Å²) < 4.78 is 0. The normalized spacial score (nSPS) is 23.0. The van der Waals surface area contributed by atoms with E-state index in [0.717, 1.165) is 56.6 Å². The van der Waals surface area contributed by atoms with Crippen molar-refractivity contribution in [3.8, 4) is 0 Å². The highest BCUT2D eigenvalue weighted by Crippen LogP contribution is 2.45. The van der Waals surface area contributed by atoms with Gasteiger partial charge in [-0.05, 0) is 54.8 Å². The molecule has 0 spiro atoms. The van der Waals surface area contributed by atoms with E-state index in [1.807, 2.05) is 12.1 Å². The van der Waals surface area contributed by atoms with Crippen molar-refractivity contribution in [3.63, 3.8) is 0 Å². The topological polar surface area (TPSA) is 20.3 Å². The van der Waals surface area contributed by atoms with Crippen molar-refractivity contribution in [1.82, 2.24) is 4.90 Å². The lowest BCUT2D eigenvalue weighted by Crippen LogP contribution is -2.46. The molecular formula is C22H26ClNOS. The number of amides is 1. The number of hydrogen-bond acceptors (Lipinski definition) is 2. The van der Waals surface area contributed by atoms with Gasteiger partial charge in [-0.2, -0.15) is 0 Å². The number of halogens is 1. The highest BCUT2D eigenvalue weighted by molar-refractivity contribution is 7.10. The van der Waals surface area contributed by atoms with Gasteiger partial charge in [0, 0.05) is 28.9 Å². The van der Waals surface area contributed by atoms with Crippen LogP contribution in [0.5, 0.6) is 0 Å². The molecule has 4 heteroatoms. The van der Waals surface area contributed by atoms with Gasteiger partial charge in [0.15, 0.2) is 0 Å². The number of carbonyl (C=O) groups excluding carboxylic acids is 1. The summed E-state index contributed by atoms with van der Waals surface area (Å²) in [5, 5.41) is 2.89. The van der Waals surface area contributed by atoms with Crippen molar-refractivity contribution in [3.05, 3.63) is 57.2 Å². The van der Waals surface area contributed by atoms with E-state index in [2.05, 4.69) is 34.5 Å². The minimum atomic E-state index is -0.261. The molecule has 1 atom stereocenters. The van der Waals surface area contributed by atoms with Crippen LogP contribution in [0.3, 0.4) is 0 Å². The summed E-state index contributed by atoms with van der Waals surface area (Å²) in [6, 6.07) is 12.5. The van der Waals surface area contributed by atoms with Gasteiger partial charge in [-0.25, -0.2) is 0 Å². The molecule has 26 heavy (non-hydrogen) atoms. The minimum absolute atomic E-state index is 0.261. The maximum absolute atomic E-state index is 13.7. The first-order valence-corrected chi connectivity index (χ1v) is 11.0. The molecule has 1 unspecified atom stereocenters.